The number of benzene rings is 1. The second kappa shape index (κ2) is 9.50. The fraction of sp³-hybridized carbons (Fsp3) is 0.760. The predicted octanol–water partition coefficient (Wildman–Crippen LogP) is 8.77. The third kappa shape index (κ3) is 6.30. The van der Waals surface area contributed by atoms with Gasteiger partial charge < -0.3 is 4.12 Å². The van der Waals surface area contributed by atoms with Crippen LogP contribution in [0.3, 0.4) is 0 Å². The molecule has 1 aromatic carbocycles. The van der Waals surface area contributed by atoms with Gasteiger partial charge in [-0.1, -0.05) is 93.0 Å². The average molecular weight is 481 g/mol. The van der Waals surface area contributed by atoms with Gasteiger partial charge in [0.05, 0.1) is 15.2 Å². The maximum absolute atomic E-state index is 7.51. The molecule has 1 aromatic rings. The summed E-state index contributed by atoms with van der Waals surface area (Å²) < 4.78 is 7.51. The van der Waals surface area contributed by atoms with Gasteiger partial charge in [-0.2, -0.15) is 0 Å². The van der Waals surface area contributed by atoms with Gasteiger partial charge in [-0.05, 0) is 65.7 Å². The van der Waals surface area contributed by atoms with Gasteiger partial charge in [-0.15, -0.1) is 0 Å². The van der Waals surface area contributed by atoms with Gasteiger partial charge in [-0.25, -0.2) is 0 Å². The number of hydrogen-bond donors (Lipinski definition) is 0. The molecule has 0 atom stereocenters. The fourth-order valence-corrected chi connectivity index (χ4v) is 58.5. The normalized spacial score (nSPS) is 14.3. The molecule has 1 nitrogen and oxygen atoms in total. The standard InChI is InChI=1S/C25H52OSi4/c1-19(2)22-16-23(20(3)4)25(24(17-22)21(5)6)18-30(28(10,11)12,29(13,14)15)26-27(7,8)9/h16-17,19-21H,18H2,1-15H3. The molecule has 0 radical (unpaired) electrons. The summed E-state index contributed by atoms with van der Waals surface area (Å²) in [4.78, 5) is 0. The zero-order valence-electron chi connectivity index (χ0n) is 23.0. The minimum Gasteiger partial charge on any atom is -0.459 e. The zero-order valence-corrected chi connectivity index (χ0v) is 27.0. The summed E-state index contributed by atoms with van der Waals surface area (Å²) in [5.41, 5.74) is 6.36. The quantitative estimate of drug-likeness (QED) is 0.321. The monoisotopic (exact) mass is 480 g/mol. The van der Waals surface area contributed by atoms with Gasteiger partial charge in [0.2, 0.25) is 0 Å². The first kappa shape index (κ1) is 28.1. The highest BCUT2D eigenvalue weighted by molar-refractivity contribution is 7.67. The zero-order chi connectivity index (χ0) is 23.9. The molecule has 0 aliphatic rings. The Balaban J connectivity index is 3.94. The molecule has 0 spiro atoms. The summed E-state index contributed by atoms with van der Waals surface area (Å²) >= 11 is 0. The maximum atomic E-state index is 7.51. The van der Waals surface area contributed by atoms with Crippen molar-refractivity contribution in [2.24, 2.45) is 0 Å². The Morgan fingerprint density at radius 2 is 1.00 bits per heavy atom. The first-order valence-electron chi connectivity index (χ1n) is 12.1. The molecule has 0 N–H and O–H groups in total. The van der Waals surface area contributed by atoms with Crippen LogP contribution in [-0.4, -0.2) is 30.9 Å². The SMILES string of the molecule is CC(C)c1cc(C(C)C)c(C[Si](O[Si](C)(C)C)([Si](C)(C)C)[Si](C)(C)C)c(C(C)C)c1. The minimum absolute atomic E-state index is 0.554. The van der Waals surface area contributed by atoms with E-state index in [1.807, 2.05) is 0 Å². The van der Waals surface area contributed by atoms with Crippen molar-refractivity contribution in [3.8, 4) is 0 Å². The number of hydrogen-bond acceptors (Lipinski definition) is 1. The van der Waals surface area contributed by atoms with E-state index in [9.17, 15) is 0 Å². The first-order chi connectivity index (χ1) is 13.2. The lowest BCUT2D eigenvalue weighted by Crippen LogP contribution is -2.77. The maximum Gasteiger partial charge on any atom is 0.169 e. The van der Waals surface area contributed by atoms with E-state index in [0.717, 1.165) is 0 Å². The molecule has 30 heavy (non-hydrogen) atoms. The molecule has 0 unspecified atom stereocenters. The van der Waals surface area contributed by atoms with Crippen molar-refractivity contribution in [3.63, 3.8) is 0 Å². The van der Waals surface area contributed by atoms with Crippen LogP contribution in [0.15, 0.2) is 12.1 Å². The Morgan fingerprint density at radius 3 is 1.23 bits per heavy atom. The molecule has 0 bridgehead atoms. The van der Waals surface area contributed by atoms with Gasteiger partial charge in [0.15, 0.2) is 15.7 Å². The Labute approximate surface area is 193 Å². The van der Waals surface area contributed by atoms with E-state index in [1.54, 1.807) is 16.7 Å². The lowest BCUT2D eigenvalue weighted by Gasteiger charge is -2.53. The topological polar surface area (TPSA) is 9.23 Å². The van der Waals surface area contributed by atoms with E-state index in [2.05, 4.69) is 113 Å². The molecule has 0 amide bonds. The Morgan fingerprint density at radius 1 is 0.633 bits per heavy atom. The Hall–Kier alpha value is 0.0475. The third-order valence-corrected chi connectivity index (χ3v) is 47.1. The molecule has 0 fully saturated rings. The molecular formula is C25H52OSi4. The summed E-state index contributed by atoms with van der Waals surface area (Å²) in [5.74, 6) is 1.68. The summed E-state index contributed by atoms with van der Waals surface area (Å²) in [6.07, 6.45) is 0. The molecule has 1 rings (SSSR count). The van der Waals surface area contributed by atoms with Crippen molar-refractivity contribution in [2.45, 2.75) is 124 Å². The van der Waals surface area contributed by atoms with E-state index in [0.29, 0.717) is 17.8 Å². The lowest BCUT2D eigenvalue weighted by molar-refractivity contribution is 0.569. The van der Waals surface area contributed by atoms with Crippen LogP contribution in [0.1, 0.15) is 81.5 Å². The molecule has 0 aliphatic heterocycles. The van der Waals surface area contributed by atoms with Crippen molar-refractivity contribution in [1.82, 2.24) is 0 Å². The van der Waals surface area contributed by atoms with Crippen LogP contribution < -0.4 is 0 Å². The van der Waals surface area contributed by atoms with Crippen LogP contribution in [0.4, 0.5) is 0 Å². The minimum atomic E-state index is -1.93. The first-order valence-corrected chi connectivity index (χ1v) is 26.6. The van der Waals surface area contributed by atoms with Crippen molar-refractivity contribution in [1.29, 1.82) is 0 Å². The number of rotatable bonds is 9. The second-order valence-corrected chi connectivity index (χ2v) is 44.8. The molecular weight excluding hydrogens is 429 g/mol. The van der Waals surface area contributed by atoms with E-state index in [-0.39, 0.29) is 0 Å². The molecule has 0 aliphatic carbocycles. The van der Waals surface area contributed by atoms with Gasteiger partial charge in [-0.3, -0.25) is 0 Å². The van der Waals surface area contributed by atoms with Crippen molar-refractivity contribution < 1.29 is 4.12 Å². The van der Waals surface area contributed by atoms with E-state index in [1.165, 1.54) is 11.6 Å². The summed E-state index contributed by atoms with van der Waals surface area (Å²) in [5, 5.41) is 0. The molecule has 0 aromatic heterocycles. The van der Waals surface area contributed by atoms with Crippen molar-refractivity contribution >= 4 is 30.9 Å². The van der Waals surface area contributed by atoms with Crippen LogP contribution in [0.5, 0.6) is 0 Å². The van der Waals surface area contributed by atoms with Gasteiger partial charge in [0, 0.05) is 0 Å². The summed E-state index contributed by atoms with van der Waals surface area (Å²) in [7, 11) is -6.59. The summed E-state index contributed by atoms with van der Waals surface area (Å²) in [6, 6.07) is 6.32. The van der Waals surface area contributed by atoms with Crippen molar-refractivity contribution in [3.05, 3.63) is 34.4 Å². The molecule has 0 saturated carbocycles. The van der Waals surface area contributed by atoms with Gasteiger partial charge in [0.25, 0.3) is 0 Å². The predicted molar refractivity (Wildman–Crippen MR) is 149 cm³/mol. The van der Waals surface area contributed by atoms with E-state index >= 15 is 0 Å². The van der Waals surface area contributed by atoms with Crippen LogP contribution in [0.25, 0.3) is 0 Å². The Kier molecular flexibility index (Phi) is 8.89. The van der Waals surface area contributed by atoms with Crippen LogP contribution in [-0.2, 0) is 10.2 Å². The largest absolute Gasteiger partial charge is 0.459 e. The highest BCUT2D eigenvalue weighted by atomic mass is 29.7. The van der Waals surface area contributed by atoms with Gasteiger partial charge >= 0.3 is 0 Å². The van der Waals surface area contributed by atoms with E-state index in [4.69, 9.17) is 4.12 Å². The molecule has 0 heterocycles. The second-order valence-electron chi connectivity index (χ2n) is 13.4. The molecule has 0 saturated heterocycles. The fourth-order valence-electron chi connectivity index (χ4n) is 5.08. The van der Waals surface area contributed by atoms with Gasteiger partial charge in [0.1, 0.15) is 0 Å². The van der Waals surface area contributed by atoms with Crippen LogP contribution >= 0.6 is 0 Å². The lowest BCUT2D eigenvalue weighted by atomic mass is 9.85. The third-order valence-electron chi connectivity index (χ3n) is 6.58. The smallest absolute Gasteiger partial charge is 0.169 e. The molecule has 5 heteroatoms. The van der Waals surface area contributed by atoms with Crippen molar-refractivity contribution in [2.75, 3.05) is 0 Å². The highest BCUT2D eigenvalue weighted by Crippen LogP contribution is 2.40. The van der Waals surface area contributed by atoms with E-state index < -0.39 is 30.9 Å². The Bertz CT molecular complexity index is 673. The molecule has 174 valence electrons. The van der Waals surface area contributed by atoms with Crippen LogP contribution in [0, 0.1) is 0 Å². The highest BCUT2D eigenvalue weighted by Gasteiger charge is 2.58. The van der Waals surface area contributed by atoms with Crippen LogP contribution in [0.2, 0.25) is 58.9 Å². The summed E-state index contributed by atoms with van der Waals surface area (Å²) in [6.45, 7) is 37.2. The average Bonchev–Trinajstić information content (AvgIpc) is 2.49.